The molecule has 13 heavy (non-hydrogen) atoms. The van der Waals surface area contributed by atoms with E-state index in [1.807, 2.05) is 5.43 Å². The summed E-state index contributed by atoms with van der Waals surface area (Å²) in [6.07, 6.45) is 0. The Labute approximate surface area is 80.6 Å². The number of hydrazine groups is 1. The van der Waals surface area contributed by atoms with E-state index in [0.717, 1.165) is 0 Å². The second kappa shape index (κ2) is 4.11. The highest BCUT2D eigenvalue weighted by atomic mass is 35.5. The fraction of sp³-hybridized carbons (Fsp3) is 0.125. The number of methoxy groups -OCH3 is 1. The molecule has 0 fully saturated rings. The minimum Gasteiger partial charge on any atom is -0.497 e. The Balaban J connectivity index is 3.05. The quantitative estimate of drug-likeness (QED) is 0.425. The third-order valence-corrected chi connectivity index (χ3v) is 1.86. The van der Waals surface area contributed by atoms with Gasteiger partial charge in [0, 0.05) is 0 Å². The highest BCUT2D eigenvalue weighted by Gasteiger charge is 2.08. The summed E-state index contributed by atoms with van der Waals surface area (Å²) in [5.41, 5.74) is 2.32. The molecule has 0 aliphatic carbocycles. The zero-order valence-corrected chi connectivity index (χ0v) is 7.76. The fourth-order valence-electron chi connectivity index (χ4n) is 0.885. The van der Waals surface area contributed by atoms with Crippen molar-refractivity contribution >= 4 is 17.5 Å². The summed E-state index contributed by atoms with van der Waals surface area (Å²) in [6, 6.07) is 4.73. The van der Waals surface area contributed by atoms with E-state index in [1.54, 1.807) is 18.2 Å². The molecule has 0 spiro atoms. The van der Waals surface area contributed by atoms with Crippen molar-refractivity contribution in [2.24, 2.45) is 5.84 Å². The Morgan fingerprint density at radius 1 is 1.62 bits per heavy atom. The molecule has 1 rings (SSSR count). The maximum absolute atomic E-state index is 11.1. The van der Waals surface area contributed by atoms with Crippen molar-refractivity contribution in [3.8, 4) is 5.75 Å². The van der Waals surface area contributed by atoms with Crippen LogP contribution in [0, 0.1) is 0 Å². The van der Waals surface area contributed by atoms with Crippen molar-refractivity contribution in [3.63, 3.8) is 0 Å². The van der Waals surface area contributed by atoms with E-state index in [9.17, 15) is 4.79 Å². The number of rotatable bonds is 2. The SMILES string of the molecule is COc1ccc(C(=O)NN)c(Cl)c1. The van der Waals surface area contributed by atoms with Crippen LogP contribution in [0.25, 0.3) is 0 Å². The normalized spacial score (nSPS) is 9.46. The van der Waals surface area contributed by atoms with Gasteiger partial charge in [0.2, 0.25) is 0 Å². The van der Waals surface area contributed by atoms with Crippen molar-refractivity contribution in [1.29, 1.82) is 0 Å². The Hall–Kier alpha value is -1.26. The molecule has 0 aromatic heterocycles. The lowest BCUT2D eigenvalue weighted by atomic mass is 10.2. The van der Waals surface area contributed by atoms with E-state index in [4.69, 9.17) is 22.2 Å². The number of nitrogens with two attached hydrogens (primary N) is 1. The van der Waals surface area contributed by atoms with Crippen molar-refractivity contribution in [2.45, 2.75) is 0 Å². The van der Waals surface area contributed by atoms with Crippen LogP contribution in [-0.2, 0) is 0 Å². The number of nitrogens with one attached hydrogen (secondary N) is 1. The average molecular weight is 201 g/mol. The van der Waals surface area contributed by atoms with Crippen LogP contribution in [-0.4, -0.2) is 13.0 Å². The van der Waals surface area contributed by atoms with Gasteiger partial charge in [0.15, 0.2) is 0 Å². The summed E-state index contributed by atoms with van der Waals surface area (Å²) in [6.45, 7) is 0. The van der Waals surface area contributed by atoms with Gasteiger partial charge >= 0.3 is 0 Å². The zero-order valence-electron chi connectivity index (χ0n) is 7.00. The molecule has 5 heteroatoms. The maximum atomic E-state index is 11.1. The van der Waals surface area contributed by atoms with Gasteiger partial charge in [0.05, 0.1) is 17.7 Å². The molecular formula is C8H9ClN2O2. The van der Waals surface area contributed by atoms with Gasteiger partial charge < -0.3 is 4.74 Å². The number of hydrogen-bond acceptors (Lipinski definition) is 3. The Morgan fingerprint density at radius 2 is 2.31 bits per heavy atom. The van der Waals surface area contributed by atoms with E-state index < -0.39 is 5.91 Å². The molecule has 1 amide bonds. The molecule has 0 aliphatic heterocycles. The van der Waals surface area contributed by atoms with Crippen LogP contribution in [0.4, 0.5) is 0 Å². The van der Waals surface area contributed by atoms with Crippen LogP contribution in [0.3, 0.4) is 0 Å². The Kier molecular flexibility index (Phi) is 3.11. The van der Waals surface area contributed by atoms with Crippen LogP contribution in [0.1, 0.15) is 10.4 Å². The molecule has 70 valence electrons. The number of nitrogen functional groups attached to an aromatic ring is 1. The number of ether oxygens (including phenoxy) is 1. The van der Waals surface area contributed by atoms with E-state index in [2.05, 4.69) is 0 Å². The molecular weight excluding hydrogens is 192 g/mol. The molecule has 0 saturated heterocycles. The topological polar surface area (TPSA) is 64.3 Å². The first kappa shape index (κ1) is 9.83. The van der Waals surface area contributed by atoms with E-state index in [-0.39, 0.29) is 0 Å². The zero-order chi connectivity index (χ0) is 9.84. The minimum atomic E-state index is -0.423. The van der Waals surface area contributed by atoms with Gasteiger partial charge in [0.25, 0.3) is 5.91 Å². The summed E-state index contributed by atoms with van der Waals surface area (Å²) in [4.78, 5) is 11.1. The van der Waals surface area contributed by atoms with E-state index >= 15 is 0 Å². The lowest BCUT2D eigenvalue weighted by Crippen LogP contribution is -2.30. The van der Waals surface area contributed by atoms with Crippen molar-refractivity contribution in [3.05, 3.63) is 28.8 Å². The maximum Gasteiger partial charge on any atom is 0.266 e. The summed E-state index contributed by atoms with van der Waals surface area (Å²) in [5.74, 6) is 5.13. The highest BCUT2D eigenvalue weighted by molar-refractivity contribution is 6.34. The van der Waals surface area contributed by atoms with E-state index in [0.29, 0.717) is 16.3 Å². The van der Waals surface area contributed by atoms with Crippen LogP contribution >= 0.6 is 11.6 Å². The lowest BCUT2D eigenvalue weighted by molar-refractivity contribution is 0.0954. The summed E-state index contributed by atoms with van der Waals surface area (Å²) >= 11 is 5.79. The van der Waals surface area contributed by atoms with Crippen LogP contribution in [0.2, 0.25) is 5.02 Å². The monoisotopic (exact) mass is 200 g/mol. The molecule has 0 saturated carbocycles. The molecule has 1 aromatic carbocycles. The average Bonchev–Trinajstić information content (AvgIpc) is 2.16. The fourth-order valence-corrected chi connectivity index (χ4v) is 1.14. The second-order valence-corrected chi connectivity index (χ2v) is 2.73. The molecule has 0 radical (unpaired) electrons. The predicted octanol–water partition coefficient (Wildman–Crippen LogP) is 0.952. The molecule has 0 bridgehead atoms. The number of amides is 1. The molecule has 1 aromatic rings. The number of halogens is 1. The van der Waals surface area contributed by atoms with Gasteiger partial charge in [-0.3, -0.25) is 10.2 Å². The van der Waals surface area contributed by atoms with Crippen LogP contribution < -0.4 is 16.0 Å². The molecule has 3 N–H and O–H groups in total. The first-order valence-electron chi connectivity index (χ1n) is 3.53. The first-order valence-corrected chi connectivity index (χ1v) is 3.91. The smallest absolute Gasteiger partial charge is 0.266 e. The van der Waals surface area contributed by atoms with Gasteiger partial charge in [-0.2, -0.15) is 0 Å². The first-order chi connectivity index (χ1) is 6.19. The van der Waals surface area contributed by atoms with Gasteiger partial charge in [0.1, 0.15) is 5.75 Å². The summed E-state index contributed by atoms with van der Waals surface area (Å²) in [7, 11) is 1.52. The summed E-state index contributed by atoms with van der Waals surface area (Å²) in [5, 5.41) is 0.308. The third kappa shape index (κ3) is 2.11. The molecule has 0 heterocycles. The van der Waals surface area contributed by atoms with Gasteiger partial charge in [-0.05, 0) is 18.2 Å². The van der Waals surface area contributed by atoms with Gasteiger partial charge in [-0.15, -0.1) is 0 Å². The third-order valence-electron chi connectivity index (χ3n) is 1.55. The number of carbonyl (C=O) groups is 1. The number of hydrogen-bond donors (Lipinski definition) is 2. The Morgan fingerprint density at radius 3 is 2.77 bits per heavy atom. The molecule has 4 nitrogen and oxygen atoms in total. The van der Waals surface area contributed by atoms with Gasteiger partial charge in [-0.1, -0.05) is 11.6 Å². The second-order valence-electron chi connectivity index (χ2n) is 2.32. The standard InChI is InChI=1S/C8H9ClN2O2/c1-13-5-2-3-6(7(9)4-5)8(12)11-10/h2-4H,10H2,1H3,(H,11,12). The molecule has 0 atom stereocenters. The van der Waals surface area contributed by atoms with Crippen molar-refractivity contribution in [2.75, 3.05) is 7.11 Å². The van der Waals surface area contributed by atoms with Crippen molar-refractivity contribution in [1.82, 2.24) is 5.43 Å². The Bertz CT molecular complexity index is 328. The highest BCUT2D eigenvalue weighted by Crippen LogP contribution is 2.21. The molecule has 0 unspecified atom stereocenters. The largest absolute Gasteiger partial charge is 0.497 e. The van der Waals surface area contributed by atoms with Crippen LogP contribution in [0.15, 0.2) is 18.2 Å². The lowest BCUT2D eigenvalue weighted by Gasteiger charge is -2.04. The van der Waals surface area contributed by atoms with Crippen LogP contribution in [0.5, 0.6) is 5.75 Å². The van der Waals surface area contributed by atoms with Crippen molar-refractivity contribution < 1.29 is 9.53 Å². The predicted molar refractivity (Wildman–Crippen MR) is 49.7 cm³/mol. The minimum absolute atomic E-state index is 0.308. The number of benzene rings is 1. The molecule has 0 aliphatic rings. The van der Waals surface area contributed by atoms with Gasteiger partial charge in [-0.25, -0.2) is 5.84 Å². The summed E-state index contributed by atoms with van der Waals surface area (Å²) < 4.78 is 4.92. The van der Waals surface area contributed by atoms with E-state index in [1.165, 1.54) is 7.11 Å². The number of carbonyl (C=O) groups excluding carboxylic acids is 1.